The van der Waals surface area contributed by atoms with Gasteiger partial charge in [-0.15, -0.1) is 0 Å². The highest BCUT2D eigenvalue weighted by molar-refractivity contribution is 5.82. The Labute approximate surface area is 173 Å². The van der Waals surface area contributed by atoms with Crippen molar-refractivity contribution in [3.05, 3.63) is 35.6 Å². The Hall–Kier alpha value is -1.95. The van der Waals surface area contributed by atoms with Gasteiger partial charge >= 0.3 is 0 Å². The van der Waals surface area contributed by atoms with Gasteiger partial charge in [0.15, 0.2) is 0 Å². The first-order chi connectivity index (χ1) is 13.9. The first-order valence-electron chi connectivity index (χ1n) is 10.9. The van der Waals surface area contributed by atoms with Crippen molar-refractivity contribution in [2.45, 2.75) is 51.0 Å². The fourth-order valence-corrected chi connectivity index (χ4v) is 4.57. The Morgan fingerprint density at radius 2 is 1.86 bits per heavy atom. The van der Waals surface area contributed by atoms with Gasteiger partial charge in [0, 0.05) is 32.7 Å². The molecule has 0 saturated carbocycles. The molecule has 0 unspecified atom stereocenters. The van der Waals surface area contributed by atoms with E-state index >= 15 is 0 Å². The van der Waals surface area contributed by atoms with Crippen LogP contribution in [0, 0.1) is 11.7 Å². The van der Waals surface area contributed by atoms with E-state index in [1.165, 1.54) is 31.4 Å². The maximum atomic E-state index is 13.1. The van der Waals surface area contributed by atoms with Crippen LogP contribution in [0.1, 0.15) is 44.1 Å². The topological polar surface area (TPSA) is 43.9 Å². The monoisotopic (exact) mass is 403 g/mol. The van der Waals surface area contributed by atoms with Gasteiger partial charge in [-0.1, -0.05) is 18.6 Å². The maximum Gasteiger partial charge on any atom is 0.227 e. The summed E-state index contributed by atoms with van der Waals surface area (Å²) in [6.45, 7) is 3.11. The molecule has 29 heavy (non-hydrogen) atoms. The van der Waals surface area contributed by atoms with Crippen LogP contribution in [0.25, 0.3) is 0 Å². The number of carbonyl (C=O) groups is 2. The molecule has 2 atom stereocenters. The summed E-state index contributed by atoms with van der Waals surface area (Å²) in [6.07, 6.45) is 6.72. The second-order valence-corrected chi connectivity index (χ2v) is 8.66. The molecule has 2 amide bonds. The lowest BCUT2D eigenvalue weighted by Crippen LogP contribution is -2.47. The molecular formula is C23H34FN3O2. The molecule has 2 fully saturated rings. The smallest absolute Gasteiger partial charge is 0.227 e. The largest absolute Gasteiger partial charge is 0.345 e. The highest BCUT2D eigenvalue weighted by Gasteiger charge is 2.30. The number of benzene rings is 1. The molecule has 160 valence electrons. The van der Waals surface area contributed by atoms with Gasteiger partial charge in [-0.2, -0.15) is 0 Å². The van der Waals surface area contributed by atoms with Crippen LogP contribution >= 0.6 is 0 Å². The minimum atomic E-state index is -0.299. The van der Waals surface area contributed by atoms with Gasteiger partial charge in [0.2, 0.25) is 11.8 Å². The average molecular weight is 404 g/mol. The summed E-state index contributed by atoms with van der Waals surface area (Å²) in [5, 5.41) is 0. The van der Waals surface area contributed by atoms with Crippen molar-refractivity contribution in [3.63, 3.8) is 0 Å². The molecule has 3 rings (SSSR count). The van der Waals surface area contributed by atoms with Crippen LogP contribution in [-0.4, -0.2) is 72.8 Å². The number of likely N-dealkylation sites (tertiary alicyclic amines) is 2. The molecule has 1 aromatic rings. The summed E-state index contributed by atoms with van der Waals surface area (Å²) in [5.74, 6) is -0.245. The number of rotatable bonds is 6. The first-order valence-corrected chi connectivity index (χ1v) is 10.9. The zero-order valence-corrected chi connectivity index (χ0v) is 17.8. The Kier molecular flexibility index (Phi) is 7.64. The zero-order chi connectivity index (χ0) is 20.8. The maximum absolute atomic E-state index is 13.1. The Balaban J connectivity index is 1.48. The number of hydrogen-bond donors (Lipinski definition) is 0. The van der Waals surface area contributed by atoms with E-state index in [4.69, 9.17) is 0 Å². The summed E-state index contributed by atoms with van der Waals surface area (Å²) in [7, 11) is 4.07. The van der Waals surface area contributed by atoms with Gasteiger partial charge in [-0.3, -0.25) is 9.59 Å². The minimum absolute atomic E-state index is 0.0144. The van der Waals surface area contributed by atoms with Crippen molar-refractivity contribution in [2.75, 3.05) is 40.3 Å². The Bertz CT molecular complexity index is 694. The van der Waals surface area contributed by atoms with Gasteiger partial charge in [-0.05, 0) is 63.4 Å². The van der Waals surface area contributed by atoms with Crippen LogP contribution in [-0.2, 0) is 16.0 Å². The highest BCUT2D eigenvalue weighted by atomic mass is 19.1. The normalized spacial score (nSPS) is 23.1. The molecule has 0 aliphatic carbocycles. The quantitative estimate of drug-likeness (QED) is 0.734. The molecule has 0 aromatic heterocycles. The molecule has 0 bridgehead atoms. The standard InChI is InChI=1S/C23H34FN3O2/c1-25-13-4-3-7-21(25)12-15-26(2)23(29)19-6-5-14-27(17-19)22(28)16-18-8-10-20(24)11-9-18/h8-11,19,21H,3-7,12-17H2,1-2H3/t19-,21+/m0/s1. The third-order valence-electron chi connectivity index (χ3n) is 6.49. The number of piperidine rings is 2. The fraction of sp³-hybridized carbons (Fsp3) is 0.652. The lowest BCUT2D eigenvalue weighted by molar-refractivity contribution is -0.139. The number of nitrogens with zero attached hydrogens (tertiary/aromatic N) is 3. The molecule has 0 radical (unpaired) electrons. The number of amides is 2. The van der Waals surface area contributed by atoms with E-state index in [0.29, 0.717) is 19.1 Å². The summed E-state index contributed by atoms with van der Waals surface area (Å²) < 4.78 is 13.1. The van der Waals surface area contributed by atoms with E-state index in [1.807, 2.05) is 11.9 Å². The number of halogens is 1. The molecule has 1 aromatic carbocycles. The molecule has 2 heterocycles. The summed E-state index contributed by atoms with van der Waals surface area (Å²) in [6, 6.07) is 6.62. The van der Waals surface area contributed by atoms with E-state index in [-0.39, 0.29) is 30.0 Å². The predicted molar refractivity (Wildman–Crippen MR) is 112 cm³/mol. The minimum Gasteiger partial charge on any atom is -0.345 e. The zero-order valence-electron chi connectivity index (χ0n) is 17.8. The molecule has 0 N–H and O–H groups in total. The van der Waals surface area contributed by atoms with Gasteiger partial charge < -0.3 is 14.7 Å². The van der Waals surface area contributed by atoms with E-state index in [1.54, 1.807) is 17.0 Å². The SMILES string of the molecule is CN(CC[C@H]1CCCCN1C)C(=O)[C@H]1CCCN(C(=O)Cc2ccc(F)cc2)C1. The summed E-state index contributed by atoms with van der Waals surface area (Å²) >= 11 is 0. The van der Waals surface area contributed by atoms with Gasteiger partial charge in [-0.25, -0.2) is 4.39 Å². The van der Waals surface area contributed by atoms with E-state index in [0.717, 1.165) is 37.9 Å². The van der Waals surface area contributed by atoms with E-state index in [9.17, 15) is 14.0 Å². The molecular weight excluding hydrogens is 369 g/mol. The second-order valence-electron chi connectivity index (χ2n) is 8.66. The first kappa shape index (κ1) is 21.8. The van der Waals surface area contributed by atoms with Crippen LogP contribution in [0.2, 0.25) is 0 Å². The third-order valence-corrected chi connectivity index (χ3v) is 6.49. The van der Waals surface area contributed by atoms with Crippen molar-refractivity contribution < 1.29 is 14.0 Å². The van der Waals surface area contributed by atoms with Crippen molar-refractivity contribution >= 4 is 11.8 Å². The van der Waals surface area contributed by atoms with Gasteiger partial charge in [0.05, 0.1) is 12.3 Å². The number of carbonyl (C=O) groups excluding carboxylic acids is 2. The molecule has 2 saturated heterocycles. The van der Waals surface area contributed by atoms with Crippen LogP contribution in [0.3, 0.4) is 0 Å². The van der Waals surface area contributed by atoms with Crippen molar-refractivity contribution in [1.29, 1.82) is 0 Å². The fourth-order valence-electron chi connectivity index (χ4n) is 4.57. The van der Waals surface area contributed by atoms with Crippen LogP contribution in [0.4, 0.5) is 4.39 Å². The lowest BCUT2D eigenvalue weighted by Gasteiger charge is -2.36. The number of hydrogen-bond acceptors (Lipinski definition) is 3. The molecule has 2 aliphatic rings. The summed E-state index contributed by atoms with van der Waals surface area (Å²) in [5.41, 5.74) is 0.804. The van der Waals surface area contributed by atoms with Crippen molar-refractivity contribution in [2.24, 2.45) is 5.92 Å². The lowest BCUT2D eigenvalue weighted by atomic mass is 9.95. The Morgan fingerprint density at radius 1 is 1.10 bits per heavy atom. The molecule has 2 aliphatic heterocycles. The Morgan fingerprint density at radius 3 is 2.59 bits per heavy atom. The van der Waals surface area contributed by atoms with E-state index in [2.05, 4.69) is 11.9 Å². The van der Waals surface area contributed by atoms with Crippen molar-refractivity contribution in [3.8, 4) is 0 Å². The molecule has 0 spiro atoms. The molecule has 5 nitrogen and oxygen atoms in total. The van der Waals surface area contributed by atoms with E-state index < -0.39 is 0 Å². The van der Waals surface area contributed by atoms with Gasteiger partial charge in [0.25, 0.3) is 0 Å². The average Bonchev–Trinajstić information content (AvgIpc) is 2.74. The van der Waals surface area contributed by atoms with Gasteiger partial charge in [0.1, 0.15) is 5.82 Å². The second kappa shape index (κ2) is 10.2. The predicted octanol–water partition coefficient (Wildman–Crippen LogP) is 2.94. The third kappa shape index (κ3) is 6.01. The van der Waals surface area contributed by atoms with Crippen LogP contribution < -0.4 is 0 Å². The van der Waals surface area contributed by atoms with Crippen LogP contribution in [0.15, 0.2) is 24.3 Å². The van der Waals surface area contributed by atoms with Crippen LogP contribution in [0.5, 0.6) is 0 Å². The highest BCUT2D eigenvalue weighted by Crippen LogP contribution is 2.21. The molecule has 6 heteroatoms. The van der Waals surface area contributed by atoms with Crippen molar-refractivity contribution in [1.82, 2.24) is 14.7 Å². The summed E-state index contributed by atoms with van der Waals surface area (Å²) in [4.78, 5) is 31.7.